The minimum atomic E-state index is -3.72. The predicted molar refractivity (Wildman–Crippen MR) is 119 cm³/mol. The van der Waals surface area contributed by atoms with Crippen LogP contribution in [0.25, 0.3) is 0 Å². The Balaban J connectivity index is 1.61. The van der Waals surface area contributed by atoms with Crippen molar-refractivity contribution in [2.45, 2.75) is 46.5 Å². The van der Waals surface area contributed by atoms with E-state index in [0.717, 1.165) is 55.4 Å². The summed E-state index contributed by atoms with van der Waals surface area (Å²) in [6.45, 7) is 4.02. The van der Waals surface area contributed by atoms with Gasteiger partial charge in [-0.2, -0.15) is 0 Å². The van der Waals surface area contributed by atoms with Crippen LogP contribution in [0.4, 0.5) is 5.69 Å². The van der Waals surface area contributed by atoms with Crippen molar-refractivity contribution >= 4 is 38.8 Å². The number of sulfonamides is 1. The molecule has 1 aliphatic carbocycles. The van der Waals surface area contributed by atoms with Gasteiger partial charge < -0.3 is 14.5 Å². The van der Waals surface area contributed by atoms with Crippen LogP contribution in [0.5, 0.6) is 5.75 Å². The molecule has 0 spiro atoms. The van der Waals surface area contributed by atoms with Crippen molar-refractivity contribution in [2.75, 3.05) is 38.1 Å². The number of hydrogen-bond donors (Lipinski definition) is 1. The van der Waals surface area contributed by atoms with E-state index in [1.807, 2.05) is 11.4 Å². The zero-order valence-corrected chi connectivity index (χ0v) is 19.0. The third-order valence-corrected chi connectivity index (χ3v) is 8.67. The van der Waals surface area contributed by atoms with Gasteiger partial charge >= 0.3 is 0 Å². The third kappa shape index (κ3) is 5.08. The summed E-state index contributed by atoms with van der Waals surface area (Å²) < 4.78 is 30.1. The zero-order valence-electron chi connectivity index (χ0n) is 16.5. The lowest BCUT2D eigenvalue weighted by atomic mass is 10.2. The summed E-state index contributed by atoms with van der Waals surface area (Å²) in [6.07, 6.45) is 4.90. The lowest BCUT2D eigenvalue weighted by molar-refractivity contribution is 0.209. The van der Waals surface area contributed by atoms with Crippen LogP contribution in [0.1, 0.15) is 25.7 Å². The van der Waals surface area contributed by atoms with Crippen LogP contribution in [0.2, 0.25) is 0 Å². The molecule has 0 unspecified atom stereocenters. The first-order chi connectivity index (χ1) is 13.9. The molecule has 1 aromatic heterocycles. The van der Waals surface area contributed by atoms with Crippen LogP contribution in [-0.2, 0) is 10.0 Å². The molecule has 0 amide bonds. The van der Waals surface area contributed by atoms with Gasteiger partial charge in [-0.25, -0.2) is 13.6 Å². The lowest BCUT2D eigenvalue weighted by Crippen LogP contribution is -2.44. The minimum absolute atomic E-state index is 0.189. The molecule has 2 fully saturated rings. The number of rotatable bonds is 6. The number of primary sulfonamides is 1. The maximum absolute atomic E-state index is 11.8. The van der Waals surface area contributed by atoms with Crippen LogP contribution in [0.15, 0.2) is 43.6 Å². The Hall–Kier alpha value is -1.26. The monoisotopic (exact) mass is 453 g/mol. The molecule has 1 saturated carbocycles. The van der Waals surface area contributed by atoms with E-state index in [1.54, 1.807) is 5.38 Å². The molecule has 1 aromatic carbocycles. The van der Waals surface area contributed by atoms with Crippen molar-refractivity contribution in [2.24, 2.45) is 5.14 Å². The van der Waals surface area contributed by atoms with Crippen molar-refractivity contribution in [1.82, 2.24) is 4.90 Å². The molecule has 2 heterocycles. The highest BCUT2D eigenvalue weighted by molar-refractivity contribution is 8.00. The molecule has 6 nitrogen and oxygen atoms in total. The van der Waals surface area contributed by atoms with E-state index in [4.69, 9.17) is 9.88 Å². The number of benzene rings is 1. The molecule has 158 valence electrons. The molecule has 1 aliphatic heterocycles. The van der Waals surface area contributed by atoms with Crippen LogP contribution >= 0.6 is 23.1 Å². The van der Waals surface area contributed by atoms with Gasteiger partial charge in [0.05, 0.1) is 11.8 Å². The van der Waals surface area contributed by atoms with Crippen molar-refractivity contribution in [3.8, 4) is 5.75 Å². The van der Waals surface area contributed by atoms with Gasteiger partial charge in [-0.15, -0.1) is 11.3 Å². The highest BCUT2D eigenvalue weighted by atomic mass is 32.2. The Kier molecular flexibility index (Phi) is 6.41. The number of likely N-dealkylation sites (N-methyl/N-ethyl adjacent to an activating group) is 1. The normalized spacial score (nSPS) is 19.0. The maximum atomic E-state index is 11.8. The molecule has 2 N–H and O–H groups in total. The second kappa shape index (κ2) is 8.85. The van der Waals surface area contributed by atoms with Gasteiger partial charge in [0.25, 0.3) is 0 Å². The van der Waals surface area contributed by atoms with Gasteiger partial charge in [0.2, 0.25) is 10.0 Å². The van der Waals surface area contributed by atoms with Crippen molar-refractivity contribution in [1.29, 1.82) is 0 Å². The van der Waals surface area contributed by atoms with E-state index in [9.17, 15) is 8.42 Å². The zero-order chi connectivity index (χ0) is 20.4. The molecule has 4 rings (SSSR count). The maximum Gasteiger partial charge on any atom is 0.240 e. The quantitative estimate of drug-likeness (QED) is 0.720. The molecule has 0 atom stereocenters. The van der Waals surface area contributed by atoms with E-state index >= 15 is 0 Å². The van der Waals surface area contributed by atoms with Gasteiger partial charge in [-0.3, -0.25) is 0 Å². The number of hydrogen-bond acceptors (Lipinski definition) is 7. The second-order valence-corrected chi connectivity index (χ2v) is 11.1. The van der Waals surface area contributed by atoms with Gasteiger partial charge in [0.1, 0.15) is 10.6 Å². The fraction of sp³-hybridized carbons (Fsp3) is 0.500. The molecular formula is C20H27N3O3S3. The molecular weight excluding hydrogens is 426 g/mol. The van der Waals surface area contributed by atoms with E-state index < -0.39 is 10.0 Å². The fourth-order valence-corrected chi connectivity index (χ4v) is 7.14. The summed E-state index contributed by atoms with van der Waals surface area (Å²) in [6, 6.07) is 6.21. The molecule has 0 radical (unpaired) electrons. The number of ether oxygens (including phenoxy) is 1. The number of nitrogens with two attached hydrogens (primary N) is 1. The van der Waals surface area contributed by atoms with Crippen molar-refractivity contribution in [3.05, 3.63) is 29.0 Å². The average Bonchev–Trinajstić information content (AvgIpc) is 3.34. The molecule has 2 aliphatic rings. The Morgan fingerprint density at radius 2 is 1.86 bits per heavy atom. The minimum Gasteiger partial charge on any atom is -0.488 e. The van der Waals surface area contributed by atoms with Gasteiger partial charge in [-0.05, 0) is 50.9 Å². The van der Waals surface area contributed by atoms with Crippen LogP contribution in [0, 0.1) is 0 Å². The first-order valence-electron chi connectivity index (χ1n) is 9.91. The van der Waals surface area contributed by atoms with E-state index in [0.29, 0.717) is 4.90 Å². The standard InChI is InChI=1S/C20H27N3O3S3/c1-22-8-10-23(11-9-22)17-7-6-16(12-18(17)26-15-4-2-3-5-15)28-19-13-27-14-20(19)29(21,24)25/h6-7,12-15H,2-5,8-11H2,1H3,(H2,21,24,25). The number of nitrogens with zero attached hydrogens (tertiary/aromatic N) is 2. The Bertz CT molecular complexity index is 947. The number of piperazine rings is 1. The Morgan fingerprint density at radius 1 is 1.14 bits per heavy atom. The largest absolute Gasteiger partial charge is 0.488 e. The molecule has 1 saturated heterocycles. The van der Waals surface area contributed by atoms with E-state index in [2.05, 4.69) is 29.0 Å². The van der Waals surface area contributed by atoms with Crippen molar-refractivity contribution in [3.63, 3.8) is 0 Å². The smallest absolute Gasteiger partial charge is 0.240 e. The summed E-state index contributed by atoms with van der Waals surface area (Å²) in [4.78, 5) is 6.53. The van der Waals surface area contributed by atoms with Crippen LogP contribution in [-0.4, -0.2) is 52.6 Å². The van der Waals surface area contributed by atoms with E-state index in [1.165, 1.54) is 35.9 Å². The summed E-state index contributed by atoms with van der Waals surface area (Å²) >= 11 is 2.76. The number of thiophene rings is 1. The second-order valence-electron chi connectivity index (χ2n) is 7.69. The third-order valence-electron chi connectivity index (χ3n) is 5.50. The summed E-state index contributed by atoms with van der Waals surface area (Å²) in [5.74, 6) is 0.902. The van der Waals surface area contributed by atoms with Gasteiger partial charge in [0.15, 0.2) is 0 Å². The molecule has 2 aromatic rings. The first kappa shape index (κ1) is 21.0. The Morgan fingerprint density at radius 3 is 2.55 bits per heavy atom. The summed E-state index contributed by atoms with van der Waals surface area (Å²) in [5, 5.41) is 8.78. The predicted octanol–water partition coefficient (Wildman–Crippen LogP) is 3.62. The van der Waals surface area contributed by atoms with Gasteiger partial charge in [-0.1, -0.05) is 11.8 Å². The van der Waals surface area contributed by atoms with Gasteiger partial charge in [0, 0.05) is 46.7 Å². The van der Waals surface area contributed by atoms with Crippen molar-refractivity contribution < 1.29 is 13.2 Å². The molecule has 0 bridgehead atoms. The SMILES string of the molecule is CN1CCN(c2ccc(Sc3cscc3S(N)(=O)=O)cc2OC2CCCC2)CC1. The topological polar surface area (TPSA) is 75.9 Å². The highest BCUT2D eigenvalue weighted by Gasteiger charge is 2.23. The molecule has 29 heavy (non-hydrogen) atoms. The first-order valence-corrected chi connectivity index (χ1v) is 13.2. The highest BCUT2D eigenvalue weighted by Crippen LogP contribution is 2.40. The number of anilines is 1. The fourth-order valence-electron chi connectivity index (χ4n) is 3.83. The summed E-state index contributed by atoms with van der Waals surface area (Å²) in [7, 11) is -1.57. The summed E-state index contributed by atoms with van der Waals surface area (Å²) in [5.41, 5.74) is 1.13. The van der Waals surface area contributed by atoms with E-state index in [-0.39, 0.29) is 11.0 Å². The average molecular weight is 454 g/mol. The lowest BCUT2D eigenvalue weighted by Gasteiger charge is -2.35. The molecule has 9 heteroatoms. The van der Waals surface area contributed by atoms with Crippen LogP contribution in [0.3, 0.4) is 0 Å². The van der Waals surface area contributed by atoms with Crippen LogP contribution < -0.4 is 14.8 Å². The Labute approximate surface area is 181 Å².